The fraction of sp³-hybridized carbons (Fsp3) is 0.500. The van der Waals surface area contributed by atoms with Crippen LogP contribution in [0, 0.1) is 0 Å². The molecule has 0 radical (unpaired) electrons. The van der Waals surface area contributed by atoms with Crippen LogP contribution in [-0.4, -0.2) is 17.8 Å². The maximum Gasteiger partial charge on any atom is 0.0810 e. The second-order valence-electron chi connectivity index (χ2n) is 3.39. The largest absolute Gasteiger partial charge is 0.394 e. The Morgan fingerprint density at radius 3 is 2.57 bits per heavy atom. The van der Waals surface area contributed by atoms with Gasteiger partial charge in [-0.1, -0.05) is 43.7 Å². The lowest BCUT2D eigenvalue weighted by atomic mass is 10.2. The second-order valence-corrected chi connectivity index (χ2v) is 3.39. The van der Waals surface area contributed by atoms with E-state index in [4.69, 9.17) is 9.84 Å². The molecule has 14 heavy (non-hydrogen) atoms. The van der Waals surface area contributed by atoms with Crippen molar-refractivity contribution in [2.24, 2.45) is 0 Å². The number of ether oxygens (including phenoxy) is 1. The van der Waals surface area contributed by atoms with E-state index >= 15 is 0 Å². The van der Waals surface area contributed by atoms with Gasteiger partial charge in [0, 0.05) is 0 Å². The summed E-state index contributed by atoms with van der Waals surface area (Å²) in [4.78, 5) is 0. The molecule has 0 aliphatic heterocycles. The molecule has 0 unspecified atom stereocenters. The zero-order valence-corrected chi connectivity index (χ0v) is 8.65. The predicted octanol–water partition coefficient (Wildman–Crippen LogP) is 2.36. The fourth-order valence-corrected chi connectivity index (χ4v) is 1.34. The monoisotopic (exact) mass is 194 g/mol. The van der Waals surface area contributed by atoms with Gasteiger partial charge in [0.05, 0.1) is 19.3 Å². The molecule has 1 aromatic carbocycles. The molecule has 0 amide bonds. The van der Waals surface area contributed by atoms with Gasteiger partial charge >= 0.3 is 0 Å². The van der Waals surface area contributed by atoms with Crippen LogP contribution in [-0.2, 0) is 11.3 Å². The molecule has 0 aliphatic rings. The Hall–Kier alpha value is -0.860. The van der Waals surface area contributed by atoms with Gasteiger partial charge < -0.3 is 9.84 Å². The van der Waals surface area contributed by atoms with Crippen molar-refractivity contribution < 1.29 is 9.84 Å². The third-order valence-electron chi connectivity index (χ3n) is 2.14. The van der Waals surface area contributed by atoms with E-state index in [0.29, 0.717) is 6.61 Å². The molecule has 0 bridgehead atoms. The highest BCUT2D eigenvalue weighted by Crippen LogP contribution is 2.06. The van der Waals surface area contributed by atoms with E-state index in [9.17, 15) is 0 Å². The van der Waals surface area contributed by atoms with Crippen molar-refractivity contribution in [2.75, 3.05) is 6.61 Å². The van der Waals surface area contributed by atoms with Gasteiger partial charge in [-0.3, -0.25) is 0 Å². The van der Waals surface area contributed by atoms with Crippen molar-refractivity contribution in [1.82, 2.24) is 0 Å². The molecule has 78 valence electrons. The smallest absolute Gasteiger partial charge is 0.0810 e. The van der Waals surface area contributed by atoms with Crippen LogP contribution in [0.5, 0.6) is 0 Å². The summed E-state index contributed by atoms with van der Waals surface area (Å²) in [5.41, 5.74) is 1.15. The van der Waals surface area contributed by atoms with E-state index in [1.54, 1.807) is 0 Å². The second kappa shape index (κ2) is 6.57. The molecule has 0 heterocycles. The van der Waals surface area contributed by atoms with Crippen molar-refractivity contribution >= 4 is 0 Å². The van der Waals surface area contributed by atoms with Crippen molar-refractivity contribution in [1.29, 1.82) is 0 Å². The normalized spacial score (nSPS) is 12.7. The molecule has 0 spiro atoms. The minimum atomic E-state index is -0.0137. The van der Waals surface area contributed by atoms with Crippen LogP contribution >= 0.6 is 0 Å². The van der Waals surface area contributed by atoms with Gasteiger partial charge in [0.15, 0.2) is 0 Å². The summed E-state index contributed by atoms with van der Waals surface area (Å²) in [5, 5.41) is 9.01. The number of hydrogen-bond donors (Lipinski definition) is 1. The number of aliphatic hydroxyl groups is 1. The van der Waals surface area contributed by atoms with Gasteiger partial charge in [0.1, 0.15) is 0 Å². The summed E-state index contributed by atoms with van der Waals surface area (Å²) >= 11 is 0. The Labute approximate surface area is 85.5 Å². The van der Waals surface area contributed by atoms with E-state index in [1.807, 2.05) is 30.3 Å². The first-order valence-electron chi connectivity index (χ1n) is 5.13. The first kappa shape index (κ1) is 11.2. The third kappa shape index (κ3) is 3.90. The topological polar surface area (TPSA) is 29.5 Å². The first-order valence-corrected chi connectivity index (χ1v) is 5.13. The summed E-state index contributed by atoms with van der Waals surface area (Å²) in [6.07, 6.45) is 1.95. The molecule has 1 aromatic rings. The Morgan fingerprint density at radius 1 is 1.29 bits per heavy atom. The standard InChI is InChI=1S/C12H18O2/c1-2-6-12(9-13)14-10-11-7-4-3-5-8-11/h3-5,7-8,12-13H,2,6,9-10H2,1H3/t12-/m1/s1. The van der Waals surface area contributed by atoms with Crippen LogP contribution in [0.15, 0.2) is 30.3 Å². The number of aliphatic hydroxyl groups excluding tert-OH is 1. The predicted molar refractivity (Wildman–Crippen MR) is 57.0 cm³/mol. The van der Waals surface area contributed by atoms with Crippen molar-refractivity contribution in [3.63, 3.8) is 0 Å². The van der Waals surface area contributed by atoms with Crippen molar-refractivity contribution in [3.8, 4) is 0 Å². The zero-order chi connectivity index (χ0) is 10.2. The molecular formula is C12H18O2. The van der Waals surface area contributed by atoms with Crippen LogP contribution < -0.4 is 0 Å². The van der Waals surface area contributed by atoms with Gasteiger partial charge in [0.25, 0.3) is 0 Å². The van der Waals surface area contributed by atoms with Gasteiger partial charge in [-0.2, -0.15) is 0 Å². The first-order chi connectivity index (χ1) is 6.86. The van der Waals surface area contributed by atoms with Crippen LogP contribution in [0.2, 0.25) is 0 Å². The van der Waals surface area contributed by atoms with Gasteiger partial charge in [-0.05, 0) is 12.0 Å². The Bertz CT molecular complexity index is 233. The molecule has 1 atom stereocenters. The average Bonchev–Trinajstić information content (AvgIpc) is 2.25. The lowest BCUT2D eigenvalue weighted by molar-refractivity contribution is -0.00244. The van der Waals surface area contributed by atoms with Crippen molar-refractivity contribution in [2.45, 2.75) is 32.5 Å². The van der Waals surface area contributed by atoms with E-state index < -0.39 is 0 Å². The zero-order valence-electron chi connectivity index (χ0n) is 8.65. The molecule has 2 heteroatoms. The number of benzene rings is 1. The summed E-state index contributed by atoms with van der Waals surface area (Å²) in [7, 11) is 0. The summed E-state index contributed by atoms with van der Waals surface area (Å²) in [6, 6.07) is 10.0. The highest BCUT2D eigenvalue weighted by molar-refractivity contribution is 5.13. The molecule has 2 nitrogen and oxygen atoms in total. The summed E-state index contributed by atoms with van der Waals surface area (Å²) < 4.78 is 5.57. The minimum absolute atomic E-state index is 0.0137. The van der Waals surface area contributed by atoms with E-state index in [1.165, 1.54) is 0 Å². The van der Waals surface area contributed by atoms with Gasteiger partial charge in [-0.25, -0.2) is 0 Å². The summed E-state index contributed by atoms with van der Waals surface area (Å²) in [5.74, 6) is 0. The van der Waals surface area contributed by atoms with Crippen LogP contribution in [0.4, 0.5) is 0 Å². The third-order valence-corrected chi connectivity index (χ3v) is 2.14. The molecule has 0 fully saturated rings. The molecular weight excluding hydrogens is 176 g/mol. The Morgan fingerprint density at radius 2 is 2.00 bits per heavy atom. The summed E-state index contributed by atoms with van der Waals surface area (Å²) in [6.45, 7) is 2.79. The number of rotatable bonds is 6. The minimum Gasteiger partial charge on any atom is -0.394 e. The lowest BCUT2D eigenvalue weighted by Gasteiger charge is -2.14. The molecule has 0 saturated heterocycles. The Balaban J connectivity index is 2.32. The molecule has 1 rings (SSSR count). The fourth-order valence-electron chi connectivity index (χ4n) is 1.34. The van der Waals surface area contributed by atoms with Crippen molar-refractivity contribution in [3.05, 3.63) is 35.9 Å². The molecule has 1 N–H and O–H groups in total. The van der Waals surface area contributed by atoms with Crippen LogP contribution in [0.25, 0.3) is 0 Å². The average molecular weight is 194 g/mol. The van der Waals surface area contributed by atoms with Crippen LogP contribution in [0.3, 0.4) is 0 Å². The Kier molecular flexibility index (Phi) is 5.27. The van der Waals surface area contributed by atoms with E-state index in [0.717, 1.165) is 18.4 Å². The number of hydrogen-bond acceptors (Lipinski definition) is 2. The highest BCUT2D eigenvalue weighted by Gasteiger charge is 2.05. The van der Waals surface area contributed by atoms with Crippen LogP contribution in [0.1, 0.15) is 25.3 Å². The quantitative estimate of drug-likeness (QED) is 0.753. The van der Waals surface area contributed by atoms with Gasteiger partial charge in [-0.15, -0.1) is 0 Å². The maximum absolute atomic E-state index is 9.01. The van der Waals surface area contributed by atoms with E-state index in [2.05, 4.69) is 6.92 Å². The lowest BCUT2D eigenvalue weighted by Crippen LogP contribution is -2.17. The van der Waals surface area contributed by atoms with E-state index in [-0.39, 0.29) is 12.7 Å². The SMILES string of the molecule is CCC[C@H](CO)OCc1ccccc1. The molecule has 0 aliphatic carbocycles. The molecule has 0 saturated carbocycles. The molecule has 0 aromatic heterocycles. The highest BCUT2D eigenvalue weighted by atomic mass is 16.5. The van der Waals surface area contributed by atoms with Gasteiger partial charge in [0.2, 0.25) is 0 Å². The maximum atomic E-state index is 9.01.